The Balaban J connectivity index is 2.34. The molecule has 0 saturated carbocycles. The van der Waals surface area contributed by atoms with Gasteiger partial charge in [0, 0.05) is 16.7 Å². The summed E-state index contributed by atoms with van der Waals surface area (Å²) in [5.74, 6) is 0.269. The third kappa shape index (κ3) is 3.14. The van der Waals surface area contributed by atoms with Crippen molar-refractivity contribution in [3.05, 3.63) is 16.8 Å². The van der Waals surface area contributed by atoms with E-state index in [0.717, 1.165) is 20.1 Å². The summed E-state index contributed by atoms with van der Waals surface area (Å²) in [4.78, 5) is 10.2. The molecule has 0 aliphatic carbocycles. The largest absolute Gasteiger partial charge is 0.389 e. The third-order valence-corrected chi connectivity index (χ3v) is 3.99. The minimum atomic E-state index is -4.16. The van der Waals surface area contributed by atoms with E-state index in [9.17, 15) is 13.2 Å². The van der Waals surface area contributed by atoms with E-state index in [1.807, 2.05) is 19.2 Å². The molecule has 0 spiro atoms. The molecule has 0 aromatic carbocycles. The summed E-state index contributed by atoms with van der Waals surface area (Å²) in [6.45, 7) is 1.95. The average Bonchev–Trinajstić information content (AvgIpc) is 2.64. The highest BCUT2D eigenvalue weighted by atomic mass is 32.2. The Hall–Kier alpha value is -0.820. The smallest absolute Gasteiger partial charge is 0.226 e. The molecule has 18 heavy (non-hydrogen) atoms. The number of halogens is 3. The minimum absolute atomic E-state index is 0.163. The number of fused-ring (bicyclic) bond motifs is 1. The molecule has 2 rings (SSSR count). The van der Waals surface area contributed by atoms with Crippen LogP contribution in [-0.2, 0) is 6.42 Å². The summed E-state index contributed by atoms with van der Waals surface area (Å²) < 4.78 is 36.6. The summed E-state index contributed by atoms with van der Waals surface area (Å²) in [6.07, 6.45) is -3.34. The first-order valence-corrected chi connectivity index (χ1v) is 7.31. The summed E-state index contributed by atoms with van der Waals surface area (Å²) in [5, 5.41) is 1.68. The lowest BCUT2D eigenvalue weighted by Gasteiger charge is -2.06. The fourth-order valence-electron chi connectivity index (χ4n) is 1.58. The van der Waals surface area contributed by atoms with Gasteiger partial charge < -0.3 is 0 Å². The van der Waals surface area contributed by atoms with Gasteiger partial charge in [-0.3, -0.25) is 0 Å². The molecule has 0 fully saturated rings. The van der Waals surface area contributed by atoms with Gasteiger partial charge in [0.1, 0.15) is 15.7 Å². The third-order valence-electron chi connectivity index (χ3n) is 2.35. The lowest BCUT2D eigenvalue weighted by molar-refractivity contribution is -0.134. The molecule has 0 radical (unpaired) electrons. The van der Waals surface area contributed by atoms with Crippen LogP contribution in [0.25, 0.3) is 10.2 Å². The number of hydrogen-bond acceptors (Lipinski definition) is 4. The highest BCUT2D eigenvalue weighted by Gasteiger charge is 2.27. The number of aromatic nitrogens is 2. The van der Waals surface area contributed by atoms with Crippen molar-refractivity contribution in [2.75, 3.05) is 6.26 Å². The molecular weight excluding hydrogens is 281 g/mol. The molecule has 0 N–H and O–H groups in total. The molecule has 0 aliphatic rings. The Bertz CT molecular complexity index is 563. The van der Waals surface area contributed by atoms with Gasteiger partial charge in [-0.1, -0.05) is 0 Å². The average molecular weight is 292 g/mol. The van der Waals surface area contributed by atoms with Crippen molar-refractivity contribution < 1.29 is 13.2 Å². The normalized spacial score (nSPS) is 12.3. The number of nitrogens with zero attached hydrogens (tertiary/aromatic N) is 2. The first-order chi connectivity index (χ1) is 8.39. The topological polar surface area (TPSA) is 25.8 Å². The second kappa shape index (κ2) is 5.05. The van der Waals surface area contributed by atoms with E-state index in [-0.39, 0.29) is 12.2 Å². The summed E-state index contributed by atoms with van der Waals surface area (Å²) in [7, 11) is 0. The molecule has 2 heterocycles. The zero-order valence-electron chi connectivity index (χ0n) is 9.84. The Morgan fingerprint density at radius 2 is 2.06 bits per heavy atom. The van der Waals surface area contributed by atoms with Crippen molar-refractivity contribution in [1.82, 2.24) is 9.97 Å². The van der Waals surface area contributed by atoms with E-state index in [1.54, 1.807) is 0 Å². The van der Waals surface area contributed by atoms with E-state index < -0.39 is 12.6 Å². The van der Waals surface area contributed by atoms with Crippen molar-refractivity contribution in [3.8, 4) is 0 Å². The number of thioether (sulfide) groups is 1. The van der Waals surface area contributed by atoms with Crippen LogP contribution in [0.2, 0.25) is 0 Å². The molecule has 98 valence electrons. The summed E-state index contributed by atoms with van der Waals surface area (Å²) in [6, 6.07) is 1.97. The second-order valence-electron chi connectivity index (χ2n) is 3.84. The fraction of sp³-hybridized carbons (Fsp3) is 0.455. The lowest BCUT2D eigenvalue weighted by Crippen LogP contribution is -2.10. The maximum absolute atomic E-state index is 12.2. The van der Waals surface area contributed by atoms with E-state index in [2.05, 4.69) is 9.97 Å². The van der Waals surface area contributed by atoms with E-state index >= 15 is 0 Å². The first-order valence-electron chi connectivity index (χ1n) is 5.27. The lowest BCUT2D eigenvalue weighted by atomic mass is 10.3. The number of rotatable bonds is 3. The van der Waals surface area contributed by atoms with E-state index in [0.29, 0.717) is 0 Å². The second-order valence-corrected chi connectivity index (χ2v) is 5.87. The van der Waals surface area contributed by atoms with Crippen LogP contribution in [0.5, 0.6) is 0 Å². The van der Waals surface area contributed by atoms with Crippen molar-refractivity contribution in [2.24, 2.45) is 0 Å². The molecule has 0 unspecified atom stereocenters. The SMILES string of the molecule is CSc1nc(CCC(F)(F)F)nc2sc(C)cc12. The van der Waals surface area contributed by atoms with Crippen molar-refractivity contribution in [1.29, 1.82) is 0 Å². The molecular formula is C11H11F3N2S2. The van der Waals surface area contributed by atoms with E-state index in [1.165, 1.54) is 23.1 Å². The van der Waals surface area contributed by atoms with Gasteiger partial charge in [-0.05, 0) is 19.2 Å². The van der Waals surface area contributed by atoms with Crippen LogP contribution in [0, 0.1) is 6.92 Å². The highest BCUT2D eigenvalue weighted by Crippen LogP contribution is 2.30. The van der Waals surface area contributed by atoms with Crippen LogP contribution in [-0.4, -0.2) is 22.4 Å². The molecule has 2 aromatic rings. The zero-order chi connectivity index (χ0) is 13.3. The van der Waals surface area contributed by atoms with Gasteiger partial charge in [-0.2, -0.15) is 13.2 Å². The maximum Gasteiger partial charge on any atom is 0.389 e. The van der Waals surface area contributed by atoms with Gasteiger partial charge in [0.25, 0.3) is 0 Å². The fourth-order valence-corrected chi connectivity index (χ4v) is 3.11. The molecule has 2 nitrogen and oxygen atoms in total. The van der Waals surface area contributed by atoms with Crippen LogP contribution in [0.1, 0.15) is 17.1 Å². The number of aryl methyl sites for hydroxylation is 2. The summed E-state index contributed by atoms with van der Waals surface area (Å²) in [5.41, 5.74) is 0. The highest BCUT2D eigenvalue weighted by molar-refractivity contribution is 7.98. The van der Waals surface area contributed by atoms with Gasteiger partial charge in [0.15, 0.2) is 0 Å². The van der Waals surface area contributed by atoms with Crippen molar-refractivity contribution in [3.63, 3.8) is 0 Å². The standard InChI is InChI=1S/C11H11F3N2S2/c1-6-5-7-9(17-2)15-8(16-10(7)18-6)3-4-11(12,13)14/h5H,3-4H2,1-2H3. The minimum Gasteiger partial charge on any atom is -0.226 e. The molecule has 0 amide bonds. The Kier molecular flexibility index (Phi) is 3.82. The Morgan fingerprint density at radius 1 is 1.33 bits per heavy atom. The van der Waals surface area contributed by atoms with Gasteiger partial charge in [0.05, 0.1) is 6.42 Å². The van der Waals surface area contributed by atoms with Gasteiger partial charge >= 0.3 is 6.18 Å². The Morgan fingerprint density at radius 3 is 2.67 bits per heavy atom. The van der Waals surface area contributed by atoms with Crippen LogP contribution in [0.3, 0.4) is 0 Å². The van der Waals surface area contributed by atoms with Crippen molar-refractivity contribution >= 4 is 33.3 Å². The molecule has 2 aromatic heterocycles. The van der Waals surface area contributed by atoms with Gasteiger partial charge in [-0.25, -0.2) is 9.97 Å². The molecule has 7 heteroatoms. The predicted octanol–water partition coefficient (Wildman–Crippen LogP) is 4.22. The number of alkyl halides is 3. The zero-order valence-corrected chi connectivity index (χ0v) is 11.5. The van der Waals surface area contributed by atoms with Crippen LogP contribution >= 0.6 is 23.1 Å². The number of hydrogen-bond donors (Lipinski definition) is 0. The number of thiophene rings is 1. The van der Waals surface area contributed by atoms with Crippen LogP contribution in [0.15, 0.2) is 11.1 Å². The molecule has 0 aliphatic heterocycles. The summed E-state index contributed by atoms with van der Waals surface area (Å²) >= 11 is 2.92. The molecule has 0 saturated heterocycles. The monoisotopic (exact) mass is 292 g/mol. The maximum atomic E-state index is 12.2. The quantitative estimate of drug-likeness (QED) is 0.626. The van der Waals surface area contributed by atoms with Gasteiger partial charge in [-0.15, -0.1) is 23.1 Å². The van der Waals surface area contributed by atoms with E-state index in [4.69, 9.17) is 0 Å². The van der Waals surface area contributed by atoms with Crippen molar-refractivity contribution in [2.45, 2.75) is 31.0 Å². The Labute approximate surface area is 111 Å². The predicted molar refractivity (Wildman–Crippen MR) is 68.3 cm³/mol. The van der Waals surface area contributed by atoms with Crippen LogP contribution < -0.4 is 0 Å². The van der Waals surface area contributed by atoms with Gasteiger partial charge in [0.2, 0.25) is 0 Å². The molecule has 0 bridgehead atoms. The van der Waals surface area contributed by atoms with Crippen LogP contribution in [0.4, 0.5) is 13.2 Å². The first kappa shape index (κ1) is 13.6. The molecule has 0 atom stereocenters.